The van der Waals surface area contributed by atoms with Gasteiger partial charge in [0.05, 0.1) is 27.8 Å². The summed E-state index contributed by atoms with van der Waals surface area (Å²) in [6, 6.07) is 56.9. The Bertz CT molecular complexity index is 2490. The van der Waals surface area contributed by atoms with Crippen LogP contribution < -0.4 is 4.74 Å². The molecule has 0 radical (unpaired) electrons. The van der Waals surface area contributed by atoms with Crippen molar-refractivity contribution >= 4 is 55.2 Å². The summed E-state index contributed by atoms with van der Waals surface area (Å²) in [6.45, 7) is 0. The van der Waals surface area contributed by atoms with E-state index in [2.05, 4.69) is 149 Å². The topological polar surface area (TPSA) is 19.1 Å². The van der Waals surface area contributed by atoms with Crippen molar-refractivity contribution < 1.29 is 4.74 Å². The van der Waals surface area contributed by atoms with Gasteiger partial charge in [0.25, 0.3) is 0 Å². The van der Waals surface area contributed by atoms with Gasteiger partial charge in [0.15, 0.2) is 0 Å². The van der Waals surface area contributed by atoms with Gasteiger partial charge in [-0.1, -0.05) is 109 Å². The number of hydrogen-bond donors (Lipinski definition) is 0. The van der Waals surface area contributed by atoms with E-state index in [1.54, 1.807) is 0 Å². The Morgan fingerprint density at radius 3 is 1.54 bits per heavy atom. The van der Waals surface area contributed by atoms with Gasteiger partial charge in [-0.05, 0) is 66.2 Å². The van der Waals surface area contributed by atoms with Crippen LogP contribution in [0.5, 0.6) is 11.5 Å². The van der Waals surface area contributed by atoms with Gasteiger partial charge in [-0.2, -0.15) is 0 Å². The summed E-state index contributed by atoms with van der Waals surface area (Å²) in [5.74, 6) is 1.42. The molecule has 0 atom stereocenters. The predicted molar refractivity (Wildman–Crippen MR) is 192 cm³/mol. The maximum atomic E-state index is 6.79. The molecule has 46 heavy (non-hydrogen) atoms. The molecular weight excluding hydrogens is 584 g/mol. The van der Waals surface area contributed by atoms with Gasteiger partial charge >= 0.3 is 0 Å². The zero-order chi connectivity index (χ0) is 30.6. The Balaban J connectivity index is 1.14. The molecule has 2 heterocycles. The zero-order valence-electron chi connectivity index (χ0n) is 24.8. The fourth-order valence-electron chi connectivity index (χ4n) is 6.89. The fourth-order valence-corrected chi connectivity index (χ4v) is 7.12. The number of hydrogen-bond acceptors (Lipinski definition) is 1. The van der Waals surface area contributed by atoms with Crippen molar-refractivity contribution in [2.45, 2.75) is 0 Å². The van der Waals surface area contributed by atoms with Crippen LogP contribution in [0.2, 0.25) is 5.02 Å². The predicted octanol–water partition coefficient (Wildman–Crippen LogP) is 12.0. The Morgan fingerprint density at radius 1 is 0.413 bits per heavy atom. The molecule has 0 N–H and O–H groups in total. The first kappa shape index (κ1) is 26.6. The summed E-state index contributed by atoms with van der Waals surface area (Å²) in [6.07, 6.45) is 0. The molecule has 0 saturated heterocycles. The van der Waals surface area contributed by atoms with E-state index in [-0.39, 0.29) is 0 Å². The van der Waals surface area contributed by atoms with E-state index >= 15 is 0 Å². The second kappa shape index (κ2) is 10.7. The maximum Gasteiger partial charge on any atom is 0.129 e. The quantitative estimate of drug-likeness (QED) is 0.190. The first-order chi connectivity index (χ1) is 22.7. The Hall–Kier alpha value is -5.77. The summed E-state index contributed by atoms with van der Waals surface area (Å²) >= 11 is 6.79. The number of rotatable bonds is 5. The highest BCUT2D eigenvalue weighted by Crippen LogP contribution is 2.39. The largest absolute Gasteiger partial charge is 0.457 e. The average molecular weight is 611 g/mol. The molecule has 9 rings (SSSR count). The lowest BCUT2D eigenvalue weighted by molar-refractivity contribution is 0.483. The number of aromatic nitrogens is 2. The molecule has 0 bridgehead atoms. The molecule has 3 nitrogen and oxygen atoms in total. The van der Waals surface area contributed by atoms with E-state index in [0.717, 1.165) is 50.3 Å². The zero-order valence-corrected chi connectivity index (χ0v) is 25.5. The van der Waals surface area contributed by atoms with Crippen LogP contribution in [-0.4, -0.2) is 9.13 Å². The third-order valence-electron chi connectivity index (χ3n) is 8.80. The van der Waals surface area contributed by atoms with Gasteiger partial charge in [0.2, 0.25) is 0 Å². The molecule has 0 spiro atoms. The Labute approximate surface area is 271 Å². The number of fused-ring (bicyclic) bond motifs is 6. The van der Waals surface area contributed by atoms with Crippen molar-refractivity contribution in [1.29, 1.82) is 0 Å². The minimum atomic E-state index is 0.614. The SMILES string of the molecule is Clc1cc(Oc2cccc(-n3c4ccccc4c4ccccc43)c2)cc(-c2ccccc2-n2c3ccccc3c3ccccc32)c1. The van der Waals surface area contributed by atoms with Gasteiger partial charge in [0, 0.05) is 43.9 Å². The summed E-state index contributed by atoms with van der Waals surface area (Å²) < 4.78 is 11.2. The minimum Gasteiger partial charge on any atom is -0.457 e. The molecule has 0 saturated carbocycles. The van der Waals surface area contributed by atoms with E-state index in [1.807, 2.05) is 24.3 Å². The van der Waals surface area contributed by atoms with Crippen LogP contribution in [0.25, 0.3) is 66.1 Å². The van der Waals surface area contributed by atoms with E-state index in [4.69, 9.17) is 16.3 Å². The monoisotopic (exact) mass is 610 g/mol. The van der Waals surface area contributed by atoms with E-state index in [9.17, 15) is 0 Å². The van der Waals surface area contributed by atoms with Gasteiger partial charge < -0.3 is 13.9 Å². The second-order valence-electron chi connectivity index (χ2n) is 11.5. The van der Waals surface area contributed by atoms with Crippen molar-refractivity contribution in [1.82, 2.24) is 9.13 Å². The summed E-state index contributed by atoms with van der Waals surface area (Å²) in [5.41, 5.74) is 8.82. The molecule has 0 unspecified atom stereocenters. The van der Waals surface area contributed by atoms with E-state index in [1.165, 1.54) is 21.5 Å². The van der Waals surface area contributed by atoms with Crippen LogP contribution in [0.3, 0.4) is 0 Å². The third-order valence-corrected chi connectivity index (χ3v) is 9.02. The van der Waals surface area contributed by atoms with Gasteiger partial charge in [-0.25, -0.2) is 0 Å². The molecule has 9 aromatic rings. The lowest BCUT2D eigenvalue weighted by atomic mass is 10.0. The van der Waals surface area contributed by atoms with Crippen molar-refractivity contribution in [2.24, 2.45) is 0 Å². The van der Waals surface area contributed by atoms with Gasteiger partial charge in [0.1, 0.15) is 11.5 Å². The molecule has 0 fully saturated rings. The van der Waals surface area contributed by atoms with Crippen molar-refractivity contribution in [3.8, 4) is 34.0 Å². The lowest BCUT2D eigenvalue weighted by Gasteiger charge is -2.16. The van der Waals surface area contributed by atoms with Gasteiger partial charge in [-0.15, -0.1) is 0 Å². The molecule has 0 aliphatic heterocycles. The van der Waals surface area contributed by atoms with Crippen molar-refractivity contribution in [2.75, 3.05) is 0 Å². The molecular formula is C42H27ClN2O. The highest BCUT2D eigenvalue weighted by molar-refractivity contribution is 6.31. The molecule has 7 aromatic carbocycles. The fraction of sp³-hybridized carbons (Fsp3) is 0. The van der Waals surface area contributed by atoms with Crippen molar-refractivity contribution in [3.05, 3.63) is 169 Å². The van der Waals surface area contributed by atoms with Crippen molar-refractivity contribution in [3.63, 3.8) is 0 Å². The van der Waals surface area contributed by atoms with Crippen LogP contribution in [0.1, 0.15) is 0 Å². The van der Waals surface area contributed by atoms with Crippen LogP contribution in [-0.2, 0) is 0 Å². The highest BCUT2D eigenvalue weighted by atomic mass is 35.5. The highest BCUT2D eigenvalue weighted by Gasteiger charge is 2.16. The number of nitrogens with zero attached hydrogens (tertiary/aromatic N) is 2. The number of halogens is 1. The summed E-state index contributed by atoms with van der Waals surface area (Å²) in [4.78, 5) is 0. The first-order valence-electron chi connectivity index (χ1n) is 15.4. The smallest absolute Gasteiger partial charge is 0.129 e. The van der Waals surface area contributed by atoms with Crippen LogP contribution >= 0.6 is 11.6 Å². The Morgan fingerprint density at radius 2 is 0.935 bits per heavy atom. The molecule has 218 valence electrons. The normalized spacial score (nSPS) is 11.6. The Kier molecular flexibility index (Phi) is 6.19. The first-order valence-corrected chi connectivity index (χ1v) is 15.8. The number of ether oxygens (including phenoxy) is 1. The average Bonchev–Trinajstić information content (AvgIpc) is 3.61. The summed E-state index contributed by atoms with van der Waals surface area (Å²) in [5, 5.41) is 5.53. The standard InChI is InChI=1S/C42H27ClN2O/c43-29-24-28(33-14-1-6-19-38(33)45-41-22-9-4-17-36(41)37-18-5-10-23-42(37)45)25-32(26-29)46-31-13-11-12-30(27-31)44-39-20-7-2-15-34(39)35-16-3-8-21-40(35)44/h1-27H. The van der Waals surface area contributed by atoms with Crippen LogP contribution in [0.4, 0.5) is 0 Å². The van der Waals surface area contributed by atoms with E-state index < -0.39 is 0 Å². The molecule has 0 aliphatic rings. The minimum absolute atomic E-state index is 0.614. The third kappa shape index (κ3) is 4.28. The molecule has 0 amide bonds. The lowest BCUT2D eigenvalue weighted by Crippen LogP contribution is -1.97. The number of para-hydroxylation sites is 5. The molecule has 2 aromatic heterocycles. The second-order valence-corrected chi connectivity index (χ2v) is 12.0. The maximum absolute atomic E-state index is 6.79. The van der Waals surface area contributed by atoms with Crippen LogP contribution in [0.15, 0.2) is 164 Å². The van der Waals surface area contributed by atoms with E-state index in [0.29, 0.717) is 10.8 Å². The summed E-state index contributed by atoms with van der Waals surface area (Å²) in [7, 11) is 0. The molecule has 0 aliphatic carbocycles. The van der Waals surface area contributed by atoms with Crippen LogP contribution in [0, 0.1) is 0 Å². The number of benzene rings is 7. The molecule has 4 heteroatoms. The van der Waals surface area contributed by atoms with Gasteiger partial charge in [-0.3, -0.25) is 0 Å².